The van der Waals surface area contributed by atoms with Gasteiger partial charge in [-0.05, 0) is 40.0 Å². The number of amides is 2. The van der Waals surface area contributed by atoms with Crippen molar-refractivity contribution in [2.75, 3.05) is 39.4 Å². The van der Waals surface area contributed by atoms with E-state index in [0.29, 0.717) is 45.8 Å². The van der Waals surface area contributed by atoms with Gasteiger partial charge in [0.15, 0.2) is 0 Å². The molecule has 1 saturated heterocycles. The van der Waals surface area contributed by atoms with Gasteiger partial charge in [0.05, 0.1) is 31.9 Å². The van der Waals surface area contributed by atoms with Crippen molar-refractivity contribution >= 4 is 12.0 Å². The quantitative estimate of drug-likeness (QED) is 0.275. The summed E-state index contributed by atoms with van der Waals surface area (Å²) in [5.41, 5.74) is -0.624. The zero-order valence-corrected chi connectivity index (χ0v) is 19.4. The second-order valence-corrected chi connectivity index (χ2v) is 9.57. The fraction of sp³-hybridized carbons (Fsp3) is 0.905. The Kier molecular flexibility index (Phi) is 10.5. The number of quaternary nitrogens is 1. The SMILES string of the molecule is CC(C)[C@H](C[C@H](O)[C@H](C)NC(=O)OC(C)(C)C)C(=O)NCCC[N+]1([O-])CCOCC1. The summed E-state index contributed by atoms with van der Waals surface area (Å²) in [6.45, 7) is 13.6. The molecule has 30 heavy (non-hydrogen) atoms. The maximum atomic E-state index is 12.6. The van der Waals surface area contributed by atoms with Crippen molar-refractivity contribution in [2.24, 2.45) is 11.8 Å². The average molecular weight is 432 g/mol. The zero-order chi connectivity index (χ0) is 22.9. The van der Waals surface area contributed by atoms with Crippen LogP contribution in [0.2, 0.25) is 0 Å². The van der Waals surface area contributed by atoms with E-state index in [2.05, 4.69) is 10.6 Å². The molecule has 0 radical (unpaired) electrons. The van der Waals surface area contributed by atoms with E-state index in [9.17, 15) is 19.9 Å². The molecule has 1 aliphatic rings. The molecule has 1 fully saturated rings. The predicted molar refractivity (Wildman–Crippen MR) is 114 cm³/mol. The Labute approximate surface area is 180 Å². The number of hydrogen-bond donors (Lipinski definition) is 3. The normalized spacial score (nSPS) is 19.6. The molecule has 3 atom stereocenters. The molecule has 9 heteroatoms. The third-order valence-corrected chi connectivity index (χ3v) is 5.29. The number of nitrogens with zero attached hydrogens (tertiary/aromatic N) is 1. The van der Waals surface area contributed by atoms with Gasteiger partial charge in [-0.3, -0.25) is 4.79 Å². The molecular formula is C21H41N3O6. The minimum Gasteiger partial charge on any atom is -0.633 e. The van der Waals surface area contributed by atoms with Crippen molar-refractivity contribution in [3.05, 3.63) is 5.21 Å². The summed E-state index contributed by atoms with van der Waals surface area (Å²) in [6, 6.07) is -0.556. The molecule has 0 aromatic heterocycles. The monoisotopic (exact) mass is 431 g/mol. The molecule has 0 aliphatic carbocycles. The van der Waals surface area contributed by atoms with Crippen molar-refractivity contribution in [1.82, 2.24) is 10.6 Å². The summed E-state index contributed by atoms with van der Waals surface area (Å²) < 4.78 is 10.2. The summed E-state index contributed by atoms with van der Waals surface area (Å²) in [5, 5.41) is 28.5. The summed E-state index contributed by atoms with van der Waals surface area (Å²) in [5.74, 6) is -0.528. The molecule has 1 heterocycles. The van der Waals surface area contributed by atoms with Gasteiger partial charge < -0.3 is 35.1 Å². The minimum absolute atomic E-state index is 0.0190. The van der Waals surface area contributed by atoms with Crippen LogP contribution in [0.4, 0.5) is 4.79 Å². The Morgan fingerprint density at radius 3 is 2.33 bits per heavy atom. The number of carbonyl (C=O) groups excluding carboxylic acids is 2. The molecule has 0 bridgehead atoms. The van der Waals surface area contributed by atoms with Gasteiger partial charge >= 0.3 is 6.09 Å². The smallest absolute Gasteiger partial charge is 0.407 e. The number of rotatable bonds is 10. The van der Waals surface area contributed by atoms with Gasteiger partial charge in [0.2, 0.25) is 5.91 Å². The Bertz CT molecular complexity index is 543. The first-order valence-corrected chi connectivity index (χ1v) is 10.9. The number of nitrogens with one attached hydrogen (secondary N) is 2. The van der Waals surface area contributed by atoms with E-state index >= 15 is 0 Å². The van der Waals surface area contributed by atoms with Crippen LogP contribution in [0.5, 0.6) is 0 Å². The van der Waals surface area contributed by atoms with E-state index in [-0.39, 0.29) is 22.9 Å². The van der Waals surface area contributed by atoms with E-state index in [4.69, 9.17) is 9.47 Å². The average Bonchev–Trinajstić information content (AvgIpc) is 2.61. The number of aliphatic hydroxyl groups is 1. The minimum atomic E-state index is -0.889. The highest BCUT2D eigenvalue weighted by Gasteiger charge is 2.29. The third kappa shape index (κ3) is 10.1. The number of hydroxylamine groups is 3. The molecule has 1 aliphatic heterocycles. The van der Waals surface area contributed by atoms with Crippen molar-refractivity contribution < 1.29 is 28.8 Å². The van der Waals surface area contributed by atoms with Gasteiger partial charge in [-0.1, -0.05) is 13.8 Å². The number of aliphatic hydroxyl groups excluding tert-OH is 1. The predicted octanol–water partition coefficient (Wildman–Crippen LogP) is 1.77. The number of ether oxygens (including phenoxy) is 2. The van der Waals surface area contributed by atoms with Crippen LogP contribution >= 0.6 is 0 Å². The van der Waals surface area contributed by atoms with Gasteiger partial charge in [-0.15, -0.1) is 0 Å². The van der Waals surface area contributed by atoms with Crippen LogP contribution in [-0.2, 0) is 14.3 Å². The van der Waals surface area contributed by atoms with Crippen LogP contribution in [0.1, 0.15) is 54.4 Å². The second kappa shape index (κ2) is 11.8. The van der Waals surface area contributed by atoms with Gasteiger partial charge in [0.1, 0.15) is 18.7 Å². The van der Waals surface area contributed by atoms with E-state index in [0.717, 1.165) is 0 Å². The van der Waals surface area contributed by atoms with E-state index in [1.807, 2.05) is 13.8 Å². The molecular weight excluding hydrogens is 390 g/mol. The van der Waals surface area contributed by atoms with Crippen LogP contribution in [0.25, 0.3) is 0 Å². The topological polar surface area (TPSA) is 120 Å². The van der Waals surface area contributed by atoms with Crippen LogP contribution in [0.3, 0.4) is 0 Å². The highest BCUT2D eigenvalue weighted by molar-refractivity contribution is 5.78. The van der Waals surface area contributed by atoms with Crippen LogP contribution in [0, 0.1) is 17.0 Å². The molecule has 9 nitrogen and oxygen atoms in total. The Balaban J connectivity index is 2.45. The lowest BCUT2D eigenvalue weighted by atomic mass is 9.87. The Morgan fingerprint density at radius 1 is 1.20 bits per heavy atom. The van der Waals surface area contributed by atoms with E-state index in [1.54, 1.807) is 27.7 Å². The molecule has 1 rings (SSSR count). The first-order valence-electron chi connectivity index (χ1n) is 10.9. The third-order valence-electron chi connectivity index (χ3n) is 5.29. The van der Waals surface area contributed by atoms with Crippen LogP contribution < -0.4 is 10.6 Å². The van der Waals surface area contributed by atoms with Gasteiger partial charge in [0.25, 0.3) is 0 Å². The summed E-state index contributed by atoms with van der Waals surface area (Å²) in [4.78, 5) is 24.5. The van der Waals surface area contributed by atoms with Crippen LogP contribution in [0.15, 0.2) is 0 Å². The molecule has 0 aromatic rings. The molecule has 0 unspecified atom stereocenters. The number of hydrogen-bond acceptors (Lipinski definition) is 6. The van der Waals surface area contributed by atoms with Crippen molar-refractivity contribution in [1.29, 1.82) is 0 Å². The van der Waals surface area contributed by atoms with Gasteiger partial charge in [0, 0.05) is 18.9 Å². The number of morpholine rings is 1. The van der Waals surface area contributed by atoms with E-state index < -0.39 is 29.8 Å². The van der Waals surface area contributed by atoms with Gasteiger partial charge in [-0.2, -0.15) is 0 Å². The molecule has 2 amide bonds. The fourth-order valence-electron chi connectivity index (χ4n) is 3.35. The van der Waals surface area contributed by atoms with Crippen molar-refractivity contribution in [3.63, 3.8) is 0 Å². The number of alkyl carbamates (subject to hydrolysis) is 1. The molecule has 0 aromatic carbocycles. The lowest BCUT2D eigenvalue weighted by Gasteiger charge is -2.45. The lowest BCUT2D eigenvalue weighted by Crippen LogP contribution is -2.51. The van der Waals surface area contributed by atoms with Crippen molar-refractivity contribution in [2.45, 2.75) is 72.1 Å². The van der Waals surface area contributed by atoms with Crippen molar-refractivity contribution in [3.8, 4) is 0 Å². The highest BCUT2D eigenvalue weighted by Crippen LogP contribution is 2.20. The summed E-state index contributed by atoms with van der Waals surface area (Å²) >= 11 is 0. The first-order chi connectivity index (χ1) is 13.8. The van der Waals surface area contributed by atoms with Crippen LogP contribution in [-0.4, -0.2) is 78.9 Å². The lowest BCUT2D eigenvalue weighted by molar-refractivity contribution is -0.888. The molecule has 0 spiro atoms. The number of carbonyl (C=O) groups is 2. The Morgan fingerprint density at radius 2 is 1.80 bits per heavy atom. The first kappa shape index (κ1) is 26.6. The Hall–Kier alpha value is -1.42. The molecule has 0 saturated carbocycles. The molecule has 176 valence electrons. The van der Waals surface area contributed by atoms with E-state index in [1.165, 1.54) is 0 Å². The standard InChI is InChI=1S/C21H41N3O6/c1-15(2)17(14-18(25)16(3)23-20(27)30-21(4,5)6)19(26)22-8-7-9-24(28)10-12-29-13-11-24/h15-18,25H,7-14H2,1-6H3,(H,22,26)(H,23,27)/t16-,17-,18-/m0/s1. The second-order valence-electron chi connectivity index (χ2n) is 9.57. The maximum Gasteiger partial charge on any atom is 0.407 e. The van der Waals surface area contributed by atoms with Gasteiger partial charge in [-0.25, -0.2) is 4.79 Å². The highest BCUT2D eigenvalue weighted by atomic mass is 16.6. The molecule has 3 N–H and O–H groups in total. The fourth-order valence-corrected chi connectivity index (χ4v) is 3.35. The maximum absolute atomic E-state index is 12.6. The summed E-state index contributed by atoms with van der Waals surface area (Å²) in [6.07, 6.45) is -0.671. The largest absolute Gasteiger partial charge is 0.633 e. The summed E-state index contributed by atoms with van der Waals surface area (Å²) in [7, 11) is 0. The zero-order valence-electron chi connectivity index (χ0n) is 19.4.